The molecule has 0 radical (unpaired) electrons. The van der Waals surface area contributed by atoms with E-state index in [1.807, 2.05) is 126 Å². The van der Waals surface area contributed by atoms with Crippen molar-refractivity contribution in [2.45, 2.75) is 11.8 Å². The van der Waals surface area contributed by atoms with E-state index in [1.165, 1.54) is 11.8 Å². The Morgan fingerprint density at radius 3 is 2.12 bits per heavy atom. The number of carbonyl (C=O) groups excluding carboxylic acids is 1. The summed E-state index contributed by atoms with van der Waals surface area (Å²) in [6, 6.07) is 36.6. The van der Waals surface area contributed by atoms with Gasteiger partial charge in [0.1, 0.15) is 18.1 Å². The summed E-state index contributed by atoms with van der Waals surface area (Å²) >= 11 is 1.36. The van der Waals surface area contributed by atoms with Gasteiger partial charge in [-0.1, -0.05) is 95.8 Å². The van der Waals surface area contributed by atoms with Gasteiger partial charge in [0.2, 0.25) is 0 Å². The van der Waals surface area contributed by atoms with Crippen molar-refractivity contribution in [1.82, 2.24) is 29.8 Å². The number of thioether (sulfide) groups is 1. The van der Waals surface area contributed by atoms with Crippen LogP contribution in [0.15, 0.2) is 127 Å². The van der Waals surface area contributed by atoms with Crippen LogP contribution in [0, 0.1) is 0 Å². The van der Waals surface area contributed by atoms with Crippen molar-refractivity contribution in [2.24, 2.45) is 0 Å². The molecule has 9 heteroatoms. The molecule has 196 valence electrons. The zero-order valence-corrected chi connectivity index (χ0v) is 22.2. The maximum atomic E-state index is 12.8. The van der Waals surface area contributed by atoms with Crippen LogP contribution in [0.1, 0.15) is 16.1 Å². The lowest BCUT2D eigenvalue weighted by atomic mass is 10.2. The second kappa shape index (κ2) is 11.8. The summed E-state index contributed by atoms with van der Waals surface area (Å²) in [5.74, 6) is 1.52. The Morgan fingerprint density at radius 2 is 1.38 bits per heavy atom. The lowest BCUT2D eigenvalue weighted by Crippen LogP contribution is -2.05. The van der Waals surface area contributed by atoms with Crippen molar-refractivity contribution in [3.63, 3.8) is 0 Å². The van der Waals surface area contributed by atoms with Gasteiger partial charge >= 0.3 is 0 Å². The second-order valence-electron chi connectivity index (χ2n) is 8.83. The fourth-order valence-corrected chi connectivity index (χ4v) is 5.03. The number of aromatic nitrogens is 6. The minimum Gasteiger partial charge on any atom is -0.486 e. The van der Waals surface area contributed by atoms with E-state index in [0.29, 0.717) is 28.0 Å². The van der Waals surface area contributed by atoms with Crippen LogP contribution >= 0.6 is 11.8 Å². The number of hydrogen-bond acceptors (Lipinski definition) is 7. The molecule has 0 N–H and O–H groups in total. The zero-order valence-electron chi connectivity index (χ0n) is 21.4. The summed E-state index contributed by atoms with van der Waals surface area (Å²) in [4.78, 5) is 12.8. The highest BCUT2D eigenvalue weighted by Gasteiger charge is 2.20. The highest BCUT2D eigenvalue weighted by atomic mass is 32.2. The van der Waals surface area contributed by atoms with E-state index in [1.54, 1.807) is 4.68 Å². The number of ether oxygens (including phenoxy) is 1. The van der Waals surface area contributed by atoms with Crippen molar-refractivity contribution in [3.8, 4) is 28.5 Å². The summed E-state index contributed by atoms with van der Waals surface area (Å²) in [5.41, 5.74) is 3.95. The number of carbonyl (C=O) groups is 1. The van der Waals surface area contributed by atoms with Gasteiger partial charge in [-0.25, -0.2) is 4.68 Å². The average molecular weight is 545 g/mol. The van der Waals surface area contributed by atoms with E-state index in [9.17, 15) is 4.79 Å². The third-order valence-electron chi connectivity index (χ3n) is 6.14. The number of benzene rings is 4. The Bertz CT molecular complexity index is 1720. The quantitative estimate of drug-likeness (QED) is 0.153. The molecule has 0 spiro atoms. The van der Waals surface area contributed by atoms with Crippen LogP contribution in [0.3, 0.4) is 0 Å². The standard InChI is InChI=1S/C31H24N6O2S/c38-28(23-12-4-1-5-13-23)22-40-31-34-33-30(37(31)26-16-8-3-9-17-26)27-18-10-11-19-29(27)39-21-24-20-36(35-32-24)25-14-6-2-7-15-25/h1-20H,21-22H2. The maximum absolute atomic E-state index is 12.8. The third kappa shape index (κ3) is 5.55. The maximum Gasteiger partial charge on any atom is 0.196 e. The Labute approximate surface area is 235 Å². The molecule has 0 bridgehead atoms. The van der Waals surface area contributed by atoms with Crippen molar-refractivity contribution >= 4 is 17.5 Å². The van der Waals surface area contributed by atoms with E-state index in [-0.39, 0.29) is 18.1 Å². The molecule has 2 aromatic heterocycles. The van der Waals surface area contributed by atoms with E-state index in [4.69, 9.17) is 4.74 Å². The summed E-state index contributed by atoms with van der Waals surface area (Å²) in [7, 11) is 0. The molecule has 4 aromatic carbocycles. The fourth-order valence-electron chi connectivity index (χ4n) is 4.19. The van der Waals surface area contributed by atoms with Crippen LogP contribution in [-0.4, -0.2) is 41.3 Å². The molecule has 0 amide bonds. The number of para-hydroxylation sites is 3. The first kappa shape index (κ1) is 25.3. The summed E-state index contributed by atoms with van der Waals surface area (Å²) < 4.78 is 9.90. The van der Waals surface area contributed by atoms with Crippen LogP contribution in [0.2, 0.25) is 0 Å². The molecule has 8 nitrogen and oxygen atoms in total. The smallest absolute Gasteiger partial charge is 0.196 e. The molecular formula is C31H24N6O2S. The highest BCUT2D eigenvalue weighted by Crippen LogP contribution is 2.34. The van der Waals surface area contributed by atoms with Crippen LogP contribution in [0.4, 0.5) is 0 Å². The molecular weight excluding hydrogens is 520 g/mol. The van der Waals surface area contributed by atoms with Gasteiger partial charge in [0.15, 0.2) is 16.8 Å². The average Bonchev–Trinajstić information content (AvgIpc) is 3.68. The topological polar surface area (TPSA) is 87.7 Å². The van der Waals surface area contributed by atoms with Gasteiger partial charge in [0.05, 0.1) is 23.2 Å². The first-order valence-corrected chi connectivity index (χ1v) is 13.7. The molecule has 0 atom stereocenters. The lowest BCUT2D eigenvalue weighted by molar-refractivity contribution is 0.102. The number of hydrogen-bond donors (Lipinski definition) is 0. The largest absolute Gasteiger partial charge is 0.486 e. The van der Waals surface area contributed by atoms with Gasteiger partial charge in [-0.15, -0.1) is 15.3 Å². The Hall–Kier alpha value is -5.02. The van der Waals surface area contributed by atoms with Crippen molar-refractivity contribution in [1.29, 1.82) is 0 Å². The predicted molar refractivity (Wildman–Crippen MR) is 154 cm³/mol. The number of rotatable bonds is 10. The summed E-state index contributed by atoms with van der Waals surface area (Å²) in [6.45, 7) is 0.233. The molecule has 40 heavy (non-hydrogen) atoms. The number of nitrogens with zero attached hydrogens (tertiary/aromatic N) is 6. The van der Waals surface area contributed by atoms with E-state index in [0.717, 1.165) is 16.9 Å². The monoisotopic (exact) mass is 544 g/mol. The minimum atomic E-state index is 0.0297. The Morgan fingerprint density at radius 1 is 0.725 bits per heavy atom. The van der Waals surface area contributed by atoms with Gasteiger partial charge in [0.25, 0.3) is 0 Å². The normalized spacial score (nSPS) is 10.9. The molecule has 2 heterocycles. The predicted octanol–water partition coefficient (Wildman–Crippen LogP) is 6.07. The van der Waals surface area contributed by atoms with E-state index in [2.05, 4.69) is 20.5 Å². The van der Waals surface area contributed by atoms with Gasteiger partial charge in [0, 0.05) is 11.3 Å². The van der Waals surface area contributed by atoms with Crippen molar-refractivity contribution < 1.29 is 9.53 Å². The summed E-state index contributed by atoms with van der Waals surface area (Å²) in [5, 5.41) is 18.1. The molecule has 0 aliphatic carbocycles. The molecule has 0 aliphatic heterocycles. The Balaban J connectivity index is 1.27. The Kier molecular flexibility index (Phi) is 7.45. The van der Waals surface area contributed by atoms with Gasteiger partial charge in [-0.05, 0) is 36.4 Å². The minimum absolute atomic E-state index is 0.0297. The van der Waals surface area contributed by atoms with Crippen molar-refractivity contribution in [3.05, 3.63) is 133 Å². The zero-order chi connectivity index (χ0) is 27.1. The van der Waals surface area contributed by atoms with Crippen LogP contribution in [0.5, 0.6) is 5.75 Å². The van der Waals surface area contributed by atoms with Gasteiger partial charge in [-0.3, -0.25) is 9.36 Å². The molecule has 0 unspecified atom stereocenters. The van der Waals surface area contributed by atoms with Crippen LogP contribution in [0.25, 0.3) is 22.8 Å². The second-order valence-corrected chi connectivity index (χ2v) is 9.77. The highest BCUT2D eigenvalue weighted by molar-refractivity contribution is 7.99. The molecule has 0 fully saturated rings. The van der Waals surface area contributed by atoms with E-state index < -0.39 is 0 Å². The van der Waals surface area contributed by atoms with E-state index >= 15 is 0 Å². The molecule has 6 rings (SSSR count). The van der Waals surface area contributed by atoms with Crippen molar-refractivity contribution in [2.75, 3.05) is 5.75 Å². The molecule has 0 saturated carbocycles. The SMILES string of the molecule is O=C(CSc1nnc(-c2ccccc2OCc2cn(-c3ccccc3)nn2)n1-c1ccccc1)c1ccccc1. The third-order valence-corrected chi connectivity index (χ3v) is 7.07. The summed E-state index contributed by atoms with van der Waals surface area (Å²) in [6.07, 6.45) is 1.85. The van der Waals surface area contributed by atoms with Crippen LogP contribution in [-0.2, 0) is 6.61 Å². The lowest BCUT2D eigenvalue weighted by Gasteiger charge is -2.13. The molecule has 0 saturated heterocycles. The fraction of sp³-hybridized carbons (Fsp3) is 0.0645. The number of Topliss-reactive ketones (excluding diaryl/α,β-unsaturated/α-hetero) is 1. The van der Waals surface area contributed by atoms with Crippen LogP contribution < -0.4 is 4.74 Å². The molecule has 6 aromatic rings. The first-order chi connectivity index (χ1) is 19.8. The van der Waals surface area contributed by atoms with Gasteiger partial charge < -0.3 is 4.74 Å². The van der Waals surface area contributed by atoms with Gasteiger partial charge in [-0.2, -0.15) is 0 Å². The first-order valence-electron chi connectivity index (χ1n) is 12.7. The number of ketones is 1. The molecule has 0 aliphatic rings.